The Morgan fingerprint density at radius 3 is 2.70 bits per heavy atom. The molecule has 8 heteroatoms. The van der Waals surface area contributed by atoms with Gasteiger partial charge >= 0.3 is 0 Å². The SMILES string of the molecule is CCCNc1cc(S(=O)(=O)NCCNC(C)=O)ccn1. The Labute approximate surface area is 119 Å². The van der Waals surface area contributed by atoms with E-state index in [1.165, 1.54) is 25.3 Å². The molecule has 0 saturated carbocycles. The maximum Gasteiger partial charge on any atom is 0.240 e. The highest BCUT2D eigenvalue weighted by Gasteiger charge is 2.14. The van der Waals surface area contributed by atoms with E-state index in [-0.39, 0.29) is 23.9 Å². The highest BCUT2D eigenvalue weighted by molar-refractivity contribution is 7.89. The van der Waals surface area contributed by atoms with Gasteiger partial charge in [0.25, 0.3) is 0 Å². The Morgan fingerprint density at radius 2 is 2.05 bits per heavy atom. The lowest BCUT2D eigenvalue weighted by molar-refractivity contribution is -0.118. The summed E-state index contributed by atoms with van der Waals surface area (Å²) in [6, 6.07) is 2.91. The third kappa shape index (κ3) is 5.54. The molecule has 1 amide bonds. The number of nitrogens with one attached hydrogen (secondary N) is 3. The fraction of sp³-hybridized carbons (Fsp3) is 0.500. The van der Waals surface area contributed by atoms with Crippen molar-refractivity contribution in [2.24, 2.45) is 0 Å². The van der Waals surface area contributed by atoms with Crippen LogP contribution in [0.5, 0.6) is 0 Å². The van der Waals surface area contributed by atoms with Gasteiger partial charge in [-0.1, -0.05) is 6.92 Å². The molecule has 1 aromatic rings. The Kier molecular flexibility index (Phi) is 6.40. The Bertz CT molecular complexity index is 545. The summed E-state index contributed by atoms with van der Waals surface area (Å²) in [7, 11) is -3.59. The number of carbonyl (C=O) groups is 1. The lowest BCUT2D eigenvalue weighted by atomic mass is 10.4. The van der Waals surface area contributed by atoms with E-state index < -0.39 is 10.0 Å². The van der Waals surface area contributed by atoms with Crippen molar-refractivity contribution in [3.05, 3.63) is 18.3 Å². The summed E-state index contributed by atoms with van der Waals surface area (Å²) in [6.07, 6.45) is 2.37. The molecular formula is C12H20N4O3S. The average molecular weight is 300 g/mol. The summed E-state index contributed by atoms with van der Waals surface area (Å²) >= 11 is 0. The van der Waals surface area contributed by atoms with Crippen molar-refractivity contribution >= 4 is 21.7 Å². The van der Waals surface area contributed by atoms with Gasteiger partial charge in [-0.2, -0.15) is 0 Å². The second kappa shape index (κ2) is 7.81. The van der Waals surface area contributed by atoms with Crippen LogP contribution in [0, 0.1) is 0 Å². The molecule has 0 fully saturated rings. The van der Waals surface area contributed by atoms with Gasteiger partial charge in [-0.3, -0.25) is 4.79 Å². The normalized spacial score (nSPS) is 11.1. The standard InChI is InChI=1S/C12H20N4O3S/c1-3-5-14-12-9-11(4-6-15-12)20(18,19)16-8-7-13-10(2)17/h4,6,9,16H,3,5,7-8H2,1-2H3,(H,13,17)(H,14,15). The van der Waals surface area contributed by atoms with E-state index in [0.29, 0.717) is 5.82 Å². The summed E-state index contributed by atoms with van der Waals surface area (Å²) in [5.74, 6) is 0.329. The summed E-state index contributed by atoms with van der Waals surface area (Å²) < 4.78 is 26.5. The zero-order valence-electron chi connectivity index (χ0n) is 11.6. The van der Waals surface area contributed by atoms with Gasteiger partial charge in [-0.05, 0) is 12.5 Å². The third-order valence-electron chi connectivity index (χ3n) is 2.39. The van der Waals surface area contributed by atoms with Gasteiger partial charge < -0.3 is 10.6 Å². The number of hydrogen-bond acceptors (Lipinski definition) is 5. The van der Waals surface area contributed by atoms with E-state index >= 15 is 0 Å². The van der Waals surface area contributed by atoms with Crippen LogP contribution in [-0.2, 0) is 14.8 Å². The first-order valence-corrected chi connectivity index (χ1v) is 7.88. The molecule has 7 nitrogen and oxygen atoms in total. The molecule has 3 N–H and O–H groups in total. The van der Waals surface area contributed by atoms with Crippen LogP contribution in [0.15, 0.2) is 23.2 Å². The summed E-state index contributed by atoms with van der Waals surface area (Å²) in [4.78, 5) is 14.9. The number of hydrogen-bond donors (Lipinski definition) is 3. The Morgan fingerprint density at radius 1 is 1.30 bits per heavy atom. The van der Waals surface area contributed by atoms with Crippen LogP contribution >= 0.6 is 0 Å². The van der Waals surface area contributed by atoms with Crippen LogP contribution < -0.4 is 15.4 Å². The van der Waals surface area contributed by atoms with Crippen molar-refractivity contribution in [3.8, 4) is 0 Å². The Balaban J connectivity index is 2.64. The minimum Gasteiger partial charge on any atom is -0.370 e. The molecule has 0 aromatic carbocycles. The average Bonchev–Trinajstić information content (AvgIpc) is 2.41. The van der Waals surface area contributed by atoms with Gasteiger partial charge in [0.1, 0.15) is 5.82 Å². The fourth-order valence-corrected chi connectivity index (χ4v) is 2.48. The number of anilines is 1. The number of pyridine rings is 1. The molecule has 1 rings (SSSR count). The highest BCUT2D eigenvalue weighted by Crippen LogP contribution is 2.12. The lowest BCUT2D eigenvalue weighted by Gasteiger charge is -2.09. The molecule has 0 aliphatic carbocycles. The van der Waals surface area contributed by atoms with E-state index in [0.717, 1.165) is 13.0 Å². The predicted octanol–water partition coefficient (Wildman–Crippen LogP) is 0.318. The zero-order chi connectivity index (χ0) is 15.0. The molecule has 20 heavy (non-hydrogen) atoms. The number of carbonyl (C=O) groups excluding carboxylic acids is 1. The molecule has 112 valence electrons. The first-order valence-electron chi connectivity index (χ1n) is 6.39. The van der Waals surface area contributed by atoms with Crippen LogP contribution in [0.2, 0.25) is 0 Å². The van der Waals surface area contributed by atoms with Crippen molar-refractivity contribution in [2.45, 2.75) is 25.2 Å². The number of amides is 1. The van der Waals surface area contributed by atoms with Gasteiger partial charge in [0.05, 0.1) is 4.90 Å². The largest absolute Gasteiger partial charge is 0.370 e. The van der Waals surface area contributed by atoms with Crippen LogP contribution in [0.25, 0.3) is 0 Å². The predicted molar refractivity (Wildman–Crippen MR) is 76.9 cm³/mol. The molecule has 1 aromatic heterocycles. The van der Waals surface area contributed by atoms with Crippen LogP contribution in [0.3, 0.4) is 0 Å². The van der Waals surface area contributed by atoms with Gasteiger partial charge in [0.2, 0.25) is 15.9 Å². The topological polar surface area (TPSA) is 100 Å². The fourth-order valence-electron chi connectivity index (χ4n) is 1.44. The minimum absolute atomic E-state index is 0.141. The first kappa shape index (κ1) is 16.4. The van der Waals surface area contributed by atoms with Crippen molar-refractivity contribution in [3.63, 3.8) is 0 Å². The monoisotopic (exact) mass is 300 g/mol. The van der Waals surface area contributed by atoms with Crippen molar-refractivity contribution in [2.75, 3.05) is 25.0 Å². The quantitative estimate of drug-likeness (QED) is 0.600. The molecule has 1 heterocycles. The summed E-state index contributed by atoms with van der Waals surface area (Å²) in [6.45, 7) is 4.51. The van der Waals surface area contributed by atoms with E-state index in [4.69, 9.17) is 0 Å². The maximum atomic E-state index is 12.0. The van der Waals surface area contributed by atoms with Crippen molar-refractivity contribution in [1.82, 2.24) is 15.0 Å². The molecule has 0 saturated heterocycles. The van der Waals surface area contributed by atoms with E-state index in [9.17, 15) is 13.2 Å². The second-order valence-corrected chi connectivity index (χ2v) is 5.95. The van der Waals surface area contributed by atoms with E-state index in [1.807, 2.05) is 6.92 Å². The number of nitrogens with zero attached hydrogens (tertiary/aromatic N) is 1. The van der Waals surface area contributed by atoms with E-state index in [2.05, 4.69) is 20.3 Å². The third-order valence-corrected chi connectivity index (χ3v) is 3.85. The van der Waals surface area contributed by atoms with Crippen molar-refractivity contribution < 1.29 is 13.2 Å². The highest BCUT2D eigenvalue weighted by atomic mass is 32.2. The molecule has 0 radical (unpaired) electrons. The van der Waals surface area contributed by atoms with Crippen LogP contribution in [-0.4, -0.2) is 38.9 Å². The minimum atomic E-state index is -3.59. The Hall–Kier alpha value is -1.67. The van der Waals surface area contributed by atoms with E-state index in [1.54, 1.807) is 0 Å². The van der Waals surface area contributed by atoms with Crippen LogP contribution in [0.4, 0.5) is 5.82 Å². The summed E-state index contributed by atoms with van der Waals surface area (Å²) in [5, 5.41) is 5.55. The molecule has 0 atom stereocenters. The smallest absolute Gasteiger partial charge is 0.240 e. The zero-order valence-corrected chi connectivity index (χ0v) is 12.5. The molecule has 0 aliphatic heterocycles. The summed E-state index contributed by atoms with van der Waals surface area (Å²) in [5.41, 5.74) is 0. The maximum absolute atomic E-state index is 12.0. The number of sulfonamides is 1. The van der Waals surface area contributed by atoms with Crippen molar-refractivity contribution in [1.29, 1.82) is 0 Å². The first-order chi connectivity index (χ1) is 9.45. The molecule has 0 spiro atoms. The lowest BCUT2D eigenvalue weighted by Crippen LogP contribution is -2.33. The molecule has 0 aliphatic rings. The molecule has 0 bridgehead atoms. The van der Waals surface area contributed by atoms with Gasteiger partial charge in [-0.25, -0.2) is 18.1 Å². The van der Waals surface area contributed by atoms with Gasteiger partial charge in [-0.15, -0.1) is 0 Å². The van der Waals surface area contributed by atoms with Gasteiger partial charge in [0.15, 0.2) is 0 Å². The number of rotatable bonds is 8. The van der Waals surface area contributed by atoms with Crippen LogP contribution in [0.1, 0.15) is 20.3 Å². The molecular weight excluding hydrogens is 280 g/mol. The number of aromatic nitrogens is 1. The second-order valence-electron chi connectivity index (χ2n) is 4.18. The molecule has 0 unspecified atom stereocenters. The van der Waals surface area contributed by atoms with Gasteiger partial charge in [0, 0.05) is 38.8 Å².